The van der Waals surface area contributed by atoms with E-state index >= 15 is 0 Å². The third-order valence-electron chi connectivity index (χ3n) is 0.667. The number of benzene rings is 1. The minimum atomic E-state index is -1.83. The van der Waals surface area contributed by atoms with Crippen molar-refractivity contribution in [3.63, 3.8) is 0 Å². The molecule has 2 nitrogen and oxygen atoms in total. The second kappa shape index (κ2) is 5.75. The maximum Gasteiger partial charge on any atom is 0.394 e. The van der Waals surface area contributed by atoms with E-state index in [1.165, 1.54) is 0 Å². The molecule has 0 fully saturated rings. The number of hydrogen-bond donors (Lipinski definition) is 1. The summed E-state index contributed by atoms with van der Waals surface area (Å²) < 4.78 is 10.1. The van der Waals surface area contributed by atoms with Crippen LogP contribution in [0.5, 0.6) is 0 Å². The van der Waals surface area contributed by atoms with Gasteiger partial charge in [0.05, 0.1) is 0 Å². The highest BCUT2D eigenvalue weighted by Crippen LogP contribution is 1.79. The van der Waals surface area contributed by atoms with E-state index in [-0.39, 0.29) is 0 Å². The monoisotopic (exact) mass is 141 g/mol. The molecule has 0 aliphatic rings. The minimum absolute atomic E-state index is 1.83. The van der Waals surface area contributed by atoms with E-state index in [1.54, 1.807) is 0 Å². The van der Waals surface area contributed by atoms with Crippen molar-refractivity contribution in [2.24, 2.45) is 5.73 Å². The summed E-state index contributed by atoms with van der Waals surface area (Å²) in [5.74, 6) is 0. The van der Waals surface area contributed by atoms with Crippen molar-refractivity contribution >= 4 is 6.16 Å². The second-order valence-corrected chi connectivity index (χ2v) is 1.46. The molecule has 0 radical (unpaired) electrons. The van der Waals surface area contributed by atoms with E-state index in [9.17, 15) is 4.39 Å². The molecule has 0 unspecified atom stereocenters. The van der Waals surface area contributed by atoms with E-state index in [0.717, 1.165) is 0 Å². The molecule has 1 amide bonds. The van der Waals surface area contributed by atoms with Gasteiger partial charge in [-0.1, -0.05) is 36.4 Å². The van der Waals surface area contributed by atoms with Crippen molar-refractivity contribution in [1.29, 1.82) is 0 Å². The van der Waals surface area contributed by atoms with Crippen molar-refractivity contribution in [3.8, 4) is 0 Å². The number of amides is 1. The Labute approximate surface area is 58.5 Å². The van der Waals surface area contributed by atoms with Crippen molar-refractivity contribution in [1.82, 2.24) is 0 Å². The van der Waals surface area contributed by atoms with E-state index in [4.69, 9.17) is 4.79 Å². The molecule has 0 aromatic heterocycles. The van der Waals surface area contributed by atoms with Gasteiger partial charge in [-0.2, -0.15) is 0 Å². The molecule has 0 heterocycles. The first kappa shape index (κ1) is 8.62. The maximum atomic E-state index is 10.1. The molecule has 0 bridgehead atoms. The Kier molecular flexibility index (Phi) is 4.96. The number of rotatable bonds is 0. The van der Waals surface area contributed by atoms with Gasteiger partial charge in [-0.25, -0.2) is 4.79 Å². The van der Waals surface area contributed by atoms with Crippen LogP contribution < -0.4 is 5.73 Å². The van der Waals surface area contributed by atoms with Crippen LogP contribution in [-0.2, 0) is 0 Å². The third-order valence-corrected chi connectivity index (χ3v) is 0.667. The summed E-state index contributed by atoms with van der Waals surface area (Å²) in [5, 5.41) is 0. The van der Waals surface area contributed by atoms with Crippen molar-refractivity contribution in [3.05, 3.63) is 36.4 Å². The number of carbonyl (C=O) groups excluding carboxylic acids is 1. The van der Waals surface area contributed by atoms with Gasteiger partial charge < -0.3 is 5.73 Å². The third kappa shape index (κ3) is 9.80. The quantitative estimate of drug-likeness (QED) is 0.434. The Morgan fingerprint density at radius 3 is 1.20 bits per heavy atom. The standard InChI is InChI=1S/C6H6.CH2FNO/c1-2-4-6-5-3-1;2-1(3)4/h1-6H;(H2,3,4). The SMILES string of the molecule is NC(=O)F.c1ccccc1. The highest BCUT2D eigenvalue weighted by atomic mass is 19.1. The van der Waals surface area contributed by atoms with E-state index in [1.807, 2.05) is 36.4 Å². The van der Waals surface area contributed by atoms with Crippen LogP contribution in [0.1, 0.15) is 0 Å². The fourth-order valence-corrected chi connectivity index (χ4v) is 0.385. The highest BCUT2D eigenvalue weighted by molar-refractivity contribution is 5.62. The molecule has 10 heavy (non-hydrogen) atoms. The number of carbonyl (C=O) groups is 1. The lowest BCUT2D eigenvalue weighted by Gasteiger charge is -1.69. The molecule has 0 saturated carbocycles. The lowest BCUT2D eigenvalue weighted by molar-refractivity contribution is 0.231. The summed E-state index contributed by atoms with van der Waals surface area (Å²) >= 11 is 0. The highest BCUT2D eigenvalue weighted by Gasteiger charge is 1.69. The molecule has 0 aliphatic carbocycles. The first-order valence-corrected chi connectivity index (χ1v) is 2.68. The molecule has 0 saturated heterocycles. The van der Waals surface area contributed by atoms with Crippen LogP contribution in [0.15, 0.2) is 36.4 Å². The molecule has 54 valence electrons. The predicted molar refractivity (Wildman–Crippen MR) is 37.1 cm³/mol. The molecule has 1 rings (SSSR count). The van der Waals surface area contributed by atoms with Crippen LogP contribution in [0.3, 0.4) is 0 Å². The number of hydrogen-bond acceptors (Lipinski definition) is 1. The first-order valence-electron chi connectivity index (χ1n) is 2.68. The maximum absolute atomic E-state index is 10.1. The van der Waals surface area contributed by atoms with Gasteiger partial charge in [-0.05, 0) is 0 Å². The second-order valence-electron chi connectivity index (χ2n) is 1.46. The van der Waals surface area contributed by atoms with Crippen molar-refractivity contribution in [2.75, 3.05) is 0 Å². The minimum Gasteiger partial charge on any atom is -0.341 e. The normalized spacial score (nSPS) is 7.30. The fourth-order valence-electron chi connectivity index (χ4n) is 0.385. The zero-order valence-electron chi connectivity index (χ0n) is 5.33. The lowest BCUT2D eigenvalue weighted by Crippen LogP contribution is -1.96. The predicted octanol–water partition coefficient (Wildman–Crippen LogP) is 1.72. The van der Waals surface area contributed by atoms with Crippen LogP contribution in [-0.4, -0.2) is 6.16 Å². The molecule has 0 atom stereocenters. The fraction of sp³-hybridized carbons (Fsp3) is 0. The van der Waals surface area contributed by atoms with Crippen molar-refractivity contribution < 1.29 is 9.18 Å². The van der Waals surface area contributed by atoms with Gasteiger partial charge in [0.1, 0.15) is 0 Å². The van der Waals surface area contributed by atoms with Crippen LogP contribution in [0.25, 0.3) is 0 Å². The number of halogens is 1. The van der Waals surface area contributed by atoms with E-state index in [0.29, 0.717) is 0 Å². The first-order chi connectivity index (χ1) is 4.73. The molecule has 3 heteroatoms. The summed E-state index contributed by atoms with van der Waals surface area (Å²) in [6.45, 7) is 0. The smallest absolute Gasteiger partial charge is 0.341 e. The van der Waals surface area contributed by atoms with Gasteiger partial charge in [0, 0.05) is 0 Å². The largest absolute Gasteiger partial charge is 0.394 e. The van der Waals surface area contributed by atoms with Crippen LogP contribution in [0, 0.1) is 0 Å². The number of nitrogens with two attached hydrogens (primary N) is 1. The zero-order chi connectivity index (χ0) is 7.82. The molecule has 0 spiro atoms. The average Bonchev–Trinajstić information content (AvgIpc) is 1.90. The van der Waals surface area contributed by atoms with Crippen LogP contribution in [0.4, 0.5) is 9.18 Å². The van der Waals surface area contributed by atoms with Crippen LogP contribution in [0.2, 0.25) is 0 Å². The summed E-state index contributed by atoms with van der Waals surface area (Å²) in [7, 11) is 0. The molecule has 2 N–H and O–H groups in total. The van der Waals surface area contributed by atoms with Gasteiger partial charge in [0.25, 0.3) is 0 Å². The van der Waals surface area contributed by atoms with E-state index in [2.05, 4.69) is 5.73 Å². The summed E-state index contributed by atoms with van der Waals surface area (Å²) in [4.78, 5) is 8.56. The summed E-state index contributed by atoms with van der Waals surface area (Å²) in [6, 6.07) is 12.0. The Balaban J connectivity index is 0.000000180. The van der Waals surface area contributed by atoms with Gasteiger partial charge >= 0.3 is 6.16 Å². The zero-order valence-corrected chi connectivity index (χ0v) is 5.33. The summed E-state index contributed by atoms with van der Waals surface area (Å²) in [5.41, 5.74) is 3.81. The summed E-state index contributed by atoms with van der Waals surface area (Å²) in [6.07, 6.45) is -1.83. The lowest BCUT2D eigenvalue weighted by atomic mass is 10.4. The Morgan fingerprint density at radius 2 is 1.10 bits per heavy atom. The molecular formula is C7H8FNO. The molecular weight excluding hydrogens is 133 g/mol. The molecule has 1 aromatic carbocycles. The van der Waals surface area contributed by atoms with Gasteiger partial charge in [0.2, 0.25) is 0 Å². The number of primary amides is 1. The molecule has 0 aliphatic heterocycles. The topological polar surface area (TPSA) is 43.1 Å². The average molecular weight is 141 g/mol. The van der Waals surface area contributed by atoms with Gasteiger partial charge in [0.15, 0.2) is 0 Å². The van der Waals surface area contributed by atoms with E-state index < -0.39 is 6.16 Å². The van der Waals surface area contributed by atoms with Gasteiger partial charge in [-0.15, -0.1) is 4.39 Å². The Hall–Kier alpha value is -1.38. The molecule has 1 aromatic rings. The van der Waals surface area contributed by atoms with Crippen LogP contribution >= 0.6 is 0 Å². The Morgan fingerprint density at radius 1 is 1.00 bits per heavy atom. The van der Waals surface area contributed by atoms with Crippen molar-refractivity contribution in [2.45, 2.75) is 0 Å². The van der Waals surface area contributed by atoms with Gasteiger partial charge in [-0.3, -0.25) is 0 Å². The Bertz CT molecular complexity index is 146.